The third-order valence-electron chi connectivity index (χ3n) is 10.7. The van der Waals surface area contributed by atoms with E-state index in [0.717, 1.165) is 65.5 Å². The Bertz CT molecular complexity index is 3210. The molecule has 0 saturated carbocycles. The van der Waals surface area contributed by atoms with Crippen LogP contribution in [0.4, 0.5) is 0 Å². The molecule has 8 aromatic carbocycles. The van der Waals surface area contributed by atoms with Gasteiger partial charge in [0, 0.05) is 57.8 Å². The van der Waals surface area contributed by atoms with Gasteiger partial charge in [0.15, 0.2) is 17.5 Å². The summed E-state index contributed by atoms with van der Waals surface area (Å²) >= 11 is 0. The minimum atomic E-state index is -2.08. The Morgan fingerprint density at radius 2 is 0.807 bits per heavy atom. The molecule has 3 heterocycles. The summed E-state index contributed by atoms with van der Waals surface area (Å²) in [6.07, 6.45) is 0. The fourth-order valence-electron chi connectivity index (χ4n) is 8.09. The van der Waals surface area contributed by atoms with Crippen molar-refractivity contribution in [3.63, 3.8) is 0 Å². The summed E-state index contributed by atoms with van der Waals surface area (Å²) in [5, 5.41) is 4.22. The van der Waals surface area contributed by atoms with Crippen molar-refractivity contribution in [2.75, 3.05) is 0 Å². The summed E-state index contributed by atoms with van der Waals surface area (Å²) in [7, 11) is -2.08. The number of para-hydroxylation sites is 2. The maximum atomic E-state index is 6.53. The molecule has 3 aromatic heterocycles. The first-order valence-electron chi connectivity index (χ1n) is 18.9. The van der Waals surface area contributed by atoms with Crippen molar-refractivity contribution in [1.29, 1.82) is 0 Å². The Kier molecular flexibility index (Phi) is 7.83. The highest BCUT2D eigenvalue weighted by atomic mass is 32.3. The summed E-state index contributed by atoms with van der Waals surface area (Å²) in [6.45, 7) is 0. The summed E-state index contributed by atoms with van der Waals surface area (Å²) in [6, 6.07) is 69.8. The van der Waals surface area contributed by atoms with Gasteiger partial charge in [-0.15, -0.1) is 10.0 Å². The SMILES string of the molecule is c1ccc(-c2nc(-c3cccc(S(c4ccccc4)(c4ccccc4)c4ccc5c(c4)oc4ccccc45)c3)nc(-c3cccc4oc5ccccc5c34)n2)cc1. The van der Waals surface area contributed by atoms with Gasteiger partial charge in [-0.05, 0) is 72.8 Å². The maximum absolute atomic E-state index is 6.53. The van der Waals surface area contributed by atoms with Crippen LogP contribution in [0.3, 0.4) is 0 Å². The average molecular weight is 752 g/mol. The van der Waals surface area contributed by atoms with Gasteiger partial charge in [-0.2, -0.15) is 0 Å². The summed E-state index contributed by atoms with van der Waals surface area (Å²) in [5.74, 6) is 1.78. The van der Waals surface area contributed by atoms with Crippen LogP contribution in [0.25, 0.3) is 78.0 Å². The minimum Gasteiger partial charge on any atom is -0.456 e. The molecule has 0 unspecified atom stereocenters. The van der Waals surface area contributed by atoms with Crippen LogP contribution in [0.1, 0.15) is 0 Å². The lowest BCUT2D eigenvalue weighted by Gasteiger charge is -2.42. The van der Waals surface area contributed by atoms with E-state index in [0.29, 0.717) is 17.5 Å². The molecule has 0 amide bonds. The third-order valence-corrected chi connectivity index (χ3v) is 14.5. The number of hydrogen-bond acceptors (Lipinski definition) is 5. The molecule has 11 rings (SSSR count). The minimum absolute atomic E-state index is 0.585. The molecule has 0 atom stereocenters. The second-order valence-electron chi connectivity index (χ2n) is 14.0. The monoisotopic (exact) mass is 751 g/mol. The van der Waals surface area contributed by atoms with Gasteiger partial charge in [-0.25, -0.2) is 15.0 Å². The normalized spacial score (nSPS) is 12.1. The van der Waals surface area contributed by atoms with Crippen LogP contribution in [0.15, 0.2) is 229 Å². The fourth-order valence-corrected chi connectivity index (χ4v) is 12.0. The number of aromatic nitrogens is 3. The molecule has 0 fully saturated rings. The third kappa shape index (κ3) is 5.45. The van der Waals surface area contributed by atoms with Gasteiger partial charge in [0.2, 0.25) is 0 Å². The zero-order valence-electron chi connectivity index (χ0n) is 30.6. The fraction of sp³-hybridized carbons (Fsp3) is 0. The van der Waals surface area contributed by atoms with E-state index in [2.05, 4.69) is 127 Å². The first kappa shape index (κ1) is 33.1. The molecule has 0 radical (unpaired) electrons. The topological polar surface area (TPSA) is 65.0 Å². The van der Waals surface area contributed by atoms with Gasteiger partial charge in [0.25, 0.3) is 0 Å². The molecule has 0 aliphatic carbocycles. The van der Waals surface area contributed by atoms with Crippen molar-refractivity contribution in [2.24, 2.45) is 0 Å². The van der Waals surface area contributed by atoms with E-state index in [1.54, 1.807) is 0 Å². The average Bonchev–Trinajstić information content (AvgIpc) is 3.86. The van der Waals surface area contributed by atoms with Crippen molar-refractivity contribution in [2.45, 2.75) is 19.6 Å². The molecule has 0 spiro atoms. The van der Waals surface area contributed by atoms with E-state index in [9.17, 15) is 0 Å². The Hall–Kier alpha value is -7.28. The number of hydrogen-bond donors (Lipinski definition) is 0. The molecular weight excluding hydrogens is 719 g/mol. The molecule has 0 saturated heterocycles. The summed E-state index contributed by atoms with van der Waals surface area (Å²) in [4.78, 5) is 20.3. The molecule has 5 nitrogen and oxygen atoms in total. The van der Waals surface area contributed by atoms with Crippen LogP contribution >= 0.6 is 10.0 Å². The zero-order chi connectivity index (χ0) is 37.8. The standard InChI is InChI=1S/C51H33N3O2S/c1-4-16-34(17-5-1)49-52-50(54-51(53-49)43-26-15-29-46-48(43)42-25-11-13-28-45(42)55-46)35-18-14-23-38(32-35)57(36-19-6-2-7-20-36,37-21-8-3-9-22-37)39-30-31-41-40-24-10-12-27-44(40)56-47(41)33-39/h1-33H. The Labute approximate surface area is 330 Å². The molecule has 270 valence electrons. The molecule has 0 aliphatic rings. The van der Waals surface area contributed by atoms with E-state index in [4.69, 9.17) is 23.8 Å². The highest BCUT2D eigenvalue weighted by molar-refractivity contribution is 8.34. The Morgan fingerprint density at radius 1 is 0.316 bits per heavy atom. The molecule has 6 heteroatoms. The first-order chi connectivity index (χ1) is 28.2. The number of rotatable bonds is 7. The van der Waals surface area contributed by atoms with Crippen molar-refractivity contribution >= 4 is 53.9 Å². The summed E-state index contributed by atoms with van der Waals surface area (Å²) in [5.41, 5.74) is 6.06. The van der Waals surface area contributed by atoms with Crippen LogP contribution < -0.4 is 0 Å². The molecular formula is C51H33N3O2S. The highest BCUT2D eigenvalue weighted by Gasteiger charge is 2.34. The van der Waals surface area contributed by atoms with Gasteiger partial charge in [0.1, 0.15) is 22.3 Å². The van der Waals surface area contributed by atoms with Crippen LogP contribution in [-0.2, 0) is 0 Å². The number of benzene rings is 8. The molecule has 0 bridgehead atoms. The Morgan fingerprint density at radius 3 is 1.54 bits per heavy atom. The predicted molar refractivity (Wildman–Crippen MR) is 231 cm³/mol. The summed E-state index contributed by atoms with van der Waals surface area (Å²) < 4.78 is 12.8. The number of nitrogens with zero attached hydrogens (tertiary/aromatic N) is 3. The highest BCUT2D eigenvalue weighted by Crippen LogP contribution is 2.73. The molecule has 0 aliphatic heterocycles. The van der Waals surface area contributed by atoms with Gasteiger partial charge < -0.3 is 8.83 Å². The zero-order valence-corrected chi connectivity index (χ0v) is 31.4. The van der Waals surface area contributed by atoms with Gasteiger partial charge in [-0.3, -0.25) is 0 Å². The second-order valence-corrected chi connectivity index (χ2v) is 17.1. The van der Waals surface area contributed by atoms with Gasteiger partial charge in [0.05, 0.1) is 0 Å². The van der Waals surface area contributed by atoms with Crippen LogP contribution in [0.5, 0.6) is 0 Å². The van der Waals surface area contributed by atoms with Crippen LogP contribution in [0.2, 0.25) is 0 Å². The quantitative estimate of drug-likeness (QED) is 0.162. The van der Waals surface area contributed by atoms with E-state index < -0.39 is 10.0 Å². The van der Waals surface area contributed by atoms with E-state index in [-0.39, 0.29) is 0 Å². The van der Waals surface area contributed by atoms with Gasteiger partial charge in [-0.1, -0.05) is 127 Å². The molecule has 0 N–H and O–H groups in total. The number of fused-ring (bicyclic) bond motifs is 6. The lowest BCUT2D eigenvalue weighted by Crippen LogP contribution is -2.06. The second kappa shape index (κ2) is 13.5. The van der Waals surface area contributed by atoms with E-state index in [1.807, 2.05) is 72.8 Å². The predicted octanol–water partition coefficient (Wildman–Crippen LogP) is 14.0. The Balaban J connectivity index is 1.17. The lowest BCUT2D eigenvalue weighted by molar-refractivity contribution is 0.667. The smallest absolute Gasteiger partial charge is 0.164 e. The molecule has 11 aromatic rings. The van der Waals surface area contributed by atoms with Crippen LogP contribution in [-0.4, -0.2) is 15.0 Å². The van der Waals surface area contributed by atoms with Crippen molar-refractivity contribution in [3.05, 3.63) is 200 Å². The first-order valence-corrected chi connectivity index (χ1v) is 20.5. The lowest BCUT2D eigenvalue weighted by atomic mass is 10.1. The van der Waals surface area contributed by atoms with Crippen LogP contribution in [0, 0.1) is 0 Å². The van der Waals surface area contributed by atoms with E-state index >= 15 is 0 Å². The largest absolute Gasteiger partial charge is 0.456 e. The van der Waals surface area contributed by atoms with Crippen molar-refractivity contribution in [3.8, 4) is 34.2 Å². The number of furan rings is 2. The van der Waals surface area contributed by atoms with E-state index in [1.165, 1.54) is 14.7 Å². The van der Waals surface area contributed by atoms with Crippen molar-refractivity contribution in [1.82, 2.24) is 15.0 Å². The maximum Gasteiger partial charge on any atom is 0.164 e. The van der Waals surface area contributed by atoms with Crippen molar-refractivity contribution < 1.29 is 8.83 Å². The molecule has 57 heavy (non-hydrogen) atoms. The van der Waals surface area contributed by atoms with Gasteiger partial charge >= 0.3 is 0 Å².